The Labute approximate surface area is 120 Å². The van der Waals surface area contributed by atoms with E-state index in [1.807, 2.05) is 11.3 Å². The van der Waals surface area contributed by atoms with E-state index in [9.17, 15) is 4.79 Å². The highest BCUT2D eigenvalue weighted by Gasteiger charge is 2.20. The Hall–Kier alpha value is -1.73. The maximum atomic E-state index is 10.7. The average molecular weight is 292 g/mol. The van der Waals surface area contributed by atoms with Gasteiger partial charge >= 0.3 is 5.97 Å². The first kappa shape index (κ1) is 13.3. The third-order valence-electron chi connectivity index (χ3n) is 3.54. The monoisotopic (exact) mass is 292 g/mol. The lowest BCUT2D eigenvalue weighted by molar-refractivity contribution is 0.0690. The molecule has 0 bridgehead atoms. The second kappa shape index (κ2) is 5.72. The molecule has 0 saturated heterocycles. The number of hydrogen-bond acceptors (Lipinski definition) is 5. The molecule has 106 valence electrons. The summed E-state index contributed by atoms with van der Waals surface area (Å²) in [5.74, 6) is -1.04. The largest absolute Gasteiger partial charge is 0.476 e. The van der Waals surface area contributed by atoms with Crippen LogP contribution in [0.25, 0.3) is 0 Å². The predicted octanol–water partition coefficient (Wildman–Crippen LogP) is 1.70. The van der Waals surface area contributed by atoms with Gasteiger partial charge in [0, 0.05) is 17.5 Å². The summed E-state index contributed by atoms with van der Waals surface area (Å²) in [6.07, 6.45) is 5.02. The number of aromatic carboxylic acids is 1. The van der Waals surface area contributed by atoms with Crippen LogP contribution in [0.1, 0.15) is 39.8 Å². The minimum Gasteiger partial charge on any atom is -0.476 e. The molecule has 0 radical (unpaired) electrons. The number of rotatable bonds is 5. The first-order valence-electron chi connectivity index (χ1n) is 6.67. The van der Waals surface area contributed by atoms with Crippen molar-refractivity contribution < 1.29 is 9.90 Å². The van der Waals surface area contributed by atoms with Gasteiger partial charge < -0.3 is 10.4 Å². The molecule has 1 aliphatic carbocycles. The molecule has 2 aromatic heterocycles. The Morgan fingerprint density at radius 2 is 2.50 bits per heavy atom. The molecule has 20 heavy (non-hydrogen) atoms. The van der Waals surface area contributed by atoms with Crippen molar-refractivity contribution in [3.8, 4) is 0 Å². The number of aryl methyl sites for hydroxylation is 1. The molecule has 0 aromatic carbocycles. The van der Waals surface area contributed by atoms with Crippen LogP contribution in [0.3, 0.4) is 0 Å². The van der Waals surface area contributed by atoms with Crippen LogP contribution >= 0.6 is 11.3 Å². The zero-order valence-corrected chi connectivity index (χ0v) is 11.8. The van der Waals surface area contributed by atoms with Gasteiger partial charge in [0.1, 0.15) is 0 Å². The van der Waals surface area contributed by atoms with Gasteiger partial charge in [-0.2, -0.15) is 0 Å². The molecule has 1 unspecified atom stereocenters. The van der Waals surface area contributed by atoms with Gasteiger partial charge in [0.25, 0.3) is 0 Å². The average Bonchev–Trinajstić information content (AvgIpc) is 3.07. The van der Waals surface area contributed by atoms with E-state index in [2.05, 4.69) is 27.1 Å². The fourth-order valence-electron chi connectivity index (χ4n) is 2.56. The number of thiophene rings is 1. The number of hydrogen-bond donors (Lipinski definition) is 2. The SMILES string of the molecule is O=C(O)c1cn(CCNC2CCCc3sccc32)nn1. The topological polar surface area (TPSA) is 80.0 Å². The second-order valence-electron chi connectivity index (χ2n) is 4.87. The molecule has 0 amide bonds. The van der Waals surface area contributed by atoms with Gasteiger partial charge in [0.15, 0.2) is 5.69 Å². The van der Waals surface area contributed by atoms with Crippen LogP contribution in [0, 0.1) is 0 Å². The van der Waals surface area contributed by atoms with Crippen LogP contribution in [0.5, 0.6) is 0 Å². The van der Waals surface area contributed by atoms with Gasteiger partial charge in [-0.05, 0) is 36.3 Å². The summed E-state index contributed by atoms with van der Waals surface area (Å²) in [6.45, 7) is 1.37. The fourth-order valence-corrected chi connectivity index (χ4v) is 3.54. The molecule has 3 rings (SSSR count). The van der Waals surface area contributed by atoms with Gasteiger partial charge in [0.05, 0.1) is 12.7 Å². The second-order valence-corrected chi connectivity index (χ2v) is 5.87. The number of carbonyl (C=O) groups is 1. The van der Waals surface area contributed by atoms with Gasteiger partial charge in [-0.3, -0.25) is 4.68 Å². The Balaban J connectivity index is 1.54. The van der Waals surface area contributed by atoms with Gasteiger partial charge in [-0.25, -0.2) is 4.79 Å². The number of nitrogens with one attached hydrogen (secondary N) is 1. The van der Waals surface area contributed by atoms with Crippen molar-refractivity contribution in [1.29, 1.82) is 0 Å². The van der Waals surface area contributed by atoms with Crippen LogP contribution in [0.4, 0.5) is 0 Å². The number of fused-ring (bicyclic) bond motifs is 1. The summed E-state index contributed by atoms with van der Waals surface area (Å²) in [5, 5.41) is 21.9. The van der Waals surface area contributed by atoms with E-state index in [-0.39, 0.29) is 5.69 Å². The molecule has 6 nitrogen and oxygen atoms in total. The third-order valence-corrected chi connectivity index (χ3v) is 4.54. The Bertz CT molecular complexity index is 607. The smallest absolute Gasteiger partial charge is 0.358 e. The summed E-state index contributed by atoms with van der Waals surface area (Å²) in [4.78, 5) is 12.2. The van der Waals surface area contributed by atoms with E-state index < -0.39 is 5.97 Å². The van der Waals surface area contributed by atoms with E-state index in [0.717, 1.165) is 13.0 Å². The van der Waals surface area contributed by atoms with Gasteiger partial charge in [-0.15, -0.1) is 16.4 Å². The normalized spacial score (nSPS) is 17.9. The molecule has 1 aliphatic rings. The maximum absolute atomic E-state index is 10.7. The van der Waals surface area contributed by atoms with Crippen molar-refractivity contribution in [1.82, 2.24) is 20.3 Å². The molecule has 2 N–H and O–H groups in total. The van der Waals surface area contributed by atoms with Crippen LogP contribution in [-0.2, 0) is 13.0 Å². The van der Waals surface area contributed by atoms with Gasteiger partial charge in [-0.1, -0.05) is 5.21 Å². The Kier molecular flexibility index (Phi) is 3.79. The van der Waals surface area contributed by atoms with Crippen molar-refractivity contribution in [2.75, 3.05) is 6.54 Å². The van der Waals surface area contributed by atoms with Crippen molar-refractivity contribution in [2.24, 2.45) is 0 Å². The lowest BCUT2D eigenvalue weighted by Crippen LogP contribution is -2.27. The zero-order valence-electron chi connectivity index (χ0n) is 11.0. The summed E-state index contributed by atoms with van der Waals surface area (Å²) >= 11 is 1.83. The molecule has 1 atom stereocenters. The summed E-state index contributed by atoms with van der Waals surface area (Å²) in [5.41, 5.74) is 1.41. The molecule has 0 aliphatic heterocycles. The van der Waals surface area contributed by atoms with Crippen LogP contribution < -0.4 is 5.32 Å². The predicted molar refractivity (Wildman–Crippen MR) is 75.0 cm³/mol. The van der Waals surface area contributed by atoms with E-state index in [1.54, 1.807) is 4.68 Å². The minimum atomic E-state index is -1.04. The number of carboxylic acids is 1. The van der Waals surface area contributed by atoms with Crippen LogP contribution in [0.15, 0.2) is 17.6 Å². The summed E-state index contributed by atoms with van der Waals surface area (Å²) < 4.78 is 1.56. The molecule has 2 aromatic rings. The molecule has 7 heteroatoms. The highest BCUT2D eigenvalue weighted by molar-refractivity contribution is 7.10. The summed E-state index contributed by atoms with van der Waals surface area (Å²) in [6, 6.07) is 2.61. The molecule has 0 spiro atoms. The van der Waals surface area contributed by atoms with Crippen molar-refractivity contribution in [3.05, 3.63) is 33.8 Å². The lowest BCUT2D eigenvalue weighted by atomic mass is 9.94. The molecule has 0 saturated carbocycles. The number of nitrogens with zero attached hydrogens (tertiary/aromatic N) is 3. The first-order chi connectivity index (χ1) is 9.74. The maximum Gasteiger partial charge on any atom is 0.358 e. The molecule has 0 fully saturated rings. The van der Waals surface area contributed by atoms with E-state index in [0.29, 0.717) is 12.6 Å². The molecular weight excluding hydrogens is 276 g/mol. The standard InChI is InChI=1S/C13H16N4O2S/c18-13(19)11-8-17(16-15-11)6-5-14-10-2-1-3-12-9(10)4-7-20-12/h4,7-8,10,14H,1-3,5-6H2,(H,18,19). The summed E-state index contributed by atoms with van der Waals surface area (Å²) in [7, 11) is 0. The van der Waals surface area contributed by atoms with Crippen molar-refractivity contribution in [2.45, 2.75) is 31.8 Å². The fraction of sp³-hybridized carbons (Fsp3) is 0.462. The molecular formula is C13H16N4O2S. The van der Waals surface area contributed by atoms with Crippen molar-refractivity contribution in [3.63, 3.8) is 0 Å². The highest BCUT2D eigenvalue weighted by atomic mass is 32.1. The van der Waals surface area contributed by atoms with Crippen LogP contribution in [0.2, 0.25) is 0 Å². The number of aromatic nitrogens is 3. The lowest BCUT2D eigenvalue weighted by Gasteiger charge is -2.23. The Morgan fingerprint density at radius 3 is 3.30 bits per heavy atom. The molecule has 2 heterocycles. The Morgan fingerprint density at radius 1 is 1.60 bits per heavy atom. The van der Waals surface area contributed by atoms with Crippen LogP contribution in [-0.4, -0.2) is 32.6 Å². The highest BCUT2D eigenvalue weighted by Crippen LogP contribution is 2.32. The quantitative estimate of drug-likeness (QED) is 0.877. The zero-order chi connectivity index (χ0) is 13.9. The van der Waals surface area contributed by atoms with E-state index in [1.165, 1.54) is 29.5 Å². The van der Waals surface area contributed by atoms with Gasteiger partial charge in [0.2, 0.25) is 0 Å². The minimum absolute atomic E-state index is 0.0113. The van der Waals surface area contributed by atoms with E-state index >= 15 is 0 Å². The third kappa shape index (κ3) is 2.73. The first-order valence-corrected chi connectivity index (χ1v) is 7.55. The number of carboxylic acid groups (broad SMARTS) is 1. The van der Waals surface area contributed by atoms with E-state index in [4.69, 9.17) is 5.11 Å². The van der Waals surface area contributed by atoms with Crippen molar-refractivity contribution >= 4 is 17.3 Å².